The predicted molar refractivity (Wildman–Crippen MR) is 83.8 cm³/mol. The van der Waals surface area contributed by atoms with Crippen molar-refractivity contribution in [3.8, 4) is 11.5 Å². The molecule has 0 N–H and O–H groups in total. The number of benzene rings is 2. The molecule has 2 aromatic rings. The van der Waals surface area contributed by atoms with E-state index in [1.165, 1.54) is 16.3 Å². The lowest BCUT2D eigenvalue weighted by Gasteiger charge is -2.13. The molecule has 3 heteroatoms. The molecule has 0 aliphatic carbocycles. The Kier molecular flexibility index (Phi) is 5.08. The average molecular weight is 323 g/mol. The third-order valence-electron chi connectivity index (χ3n) is 3.18. The van der Waals surface area contributed by atoms with Gasteiger partial charge in [0.25, 0.3) is 0 Å². The summed E-state index contributed by atoms with van der Waals surface area (Å²) in [4.78, 5) is 0. The van der Waals surface area contributed by atoms with Gasteiger partial charge in [0.2, 0.25) is 0 Å². The van der Waals surface area contributed by atoms with Crippen LogP contribution in [0.2, 0.25) is 0 Å². The molecule has 0 aliphatic heterocycles. The van der Waals surface area contributed by atoms with Gasteiger partial charge in [-0.15, -0.1) is 0 Å². The zero-order valence-electron chi connectivity index (χ0n) is 11.4. The minimum Gasteiger partial charge on any atom is -0.497 e. The van der Waals surface area contributed by atoms with Gasteiger partial charge in [0, 0.05) is 10.9 Å². The van der Waals surface area contributed by atoms with Crippen LogP contribution in [-0.2, 0) is 6.42 Å². The molecule has 0 aliphatic rings. The molecule has 0 unspecified atom stereocenters. The number of aryl methyl sites for hydroxylation is 1. The highest BCUT2D eigenvalue weighted by molar-refractivity contribution is 9.09. The van der Waals surface area contributed by atoms with Crippen molar-refractivity contribution >= 4 is 26.7 Å². The Morgan fingerprint density at radius 2 is 2.00 bits per heavy atom. The Bertz CT molecular complexity index is 552. The molecule has 0 heterocycles. The van der Waals surface area contributed by atoms with Crippen molar-refractivity contribution in [1.29, 1.82) is 0 Å². The maximum Gasteiger partial charge on any atom is 0.123 e. The molecular weight excluding hydrogens is 304 g/mol. The van der Waals surface area contributed by atoms with Gasteiger partial charge < -0.3 is 9.47 Å². The first-order chi connectivity index (χ1) is 9.30. The third kappa shape index (κ3) is 3.21. The molecule has 2 aromatic carbocycles. The molecule has 19 heavy (non-hydrogen) atoms. The maximum absolute atomic E-state index is 5.87. The van der Waals surface area contributed by atoms with Crippen LogP contribution in [0.4, 0.5) is 0 Å². The summed E-state index contributed by atoms with van der Waals surface area (Å²) >= 11 is 3.42. The lowest BCUT2D eigenvalue weighted by atomic mass is 10.0. The van der Waals surface area contributed by atoms with Crippen LogP contribution in [0, 0.1) is 0 Å². The number of methoxy groups -OCH3 is 1. The van der Waals surface area contributed by atoms with E-state index in [1.54, 1.807) is 7.11 Å². The third-order valence-corrected chi connectivity index (χ3v) is 3.75. The van der Waals surface area contributed by atoms with Crippen LogP contribution in [0.3, 0.4) is 0 Å². The second-order valence-corrected chi connectivity index (χ2v) is 5.17. The van der Waals surface area contributed by atoms with E-state index in [2.05, 4.69) is 47.1 Å². The van der Waals surface area contributed by atoms with E-state index in [1.807, 2.05) is 6.07 Å². The minimum absolute atomic E-state index is 0.750. The summed E-state index contributed by atoms with van der Waals surface area (Å²) in [5, 5.41) is 3.42. The van der Waals surface area contributed by atoms with Gasteiger partial charge in [0.1, 0.15) is 11.5 Å². The number of alkyl halides is 1. The zero-order valence-corrected chi connectivity index (χ0v) is 13.0. The van der Waals surface area contributed by atoms with Crippen molar-refractivity contribution in [3.05, 3.63) is 35.9 Å². The van der Waals surface area contributed by atoms with Crippen molar-refractivity contribution in [2.24, 2.45) is 0 Å². The Hall–Kier alpha value is -1.22. The Morgan fingerprint density at radius 1 is 1.16 bits per heavy atom. The average Bonchev–Trinajstić information content (AvgIpc) is 2.46. The predicted octanol–water partition coefficient (Wildman–Crippen LogP) is 4.57. The molecule has 102 valence electrons. The summed E-state index contributed by atoms with van der Waals surface area (Å²) < 4.78 is 11.1. The second kappa shape index (κ2) is 6.80. The SMILES string of the molecule is CCc1c(OCCCBr)ccc2cc(OC)ccc12. The highest BCUT2D eigenvalue weighted by Crippen LogP contribution is 2.31. The summed E-state index contributed by atoms with van der Waals surface area (Å²) in [5.41, 5.74) is 1.27. The molecule has 2 nitrogen and oxygen atoms in total. The molecule has 2 rings (SSSR count). The van der Waals surface area contributed by atoms with E-state index in [9.17, 15) is 0 Å². The molecule has 0 amide bonds. The van der Waals surface area contributed by atoms with Crippen LogP contribution >= 0.6 is 15.9 Å². The van der Waals surface area contributed by atoms with Crippen molar-refractivity contribution in [2.45, 2.75) is 19.8 Å². The Balaban J connectivity index is 2.38. The van der Waals surface area contributed by atoms with Gasteiger partial charge in [-0.1, -0.05) is 35.0 Å². The van der Waals surface area contributed by atoms with Crippen molar-refractivity contribution < 1.29 is 9.47 Å². The zero-order chi connectivity index (χ0) is 13.7. The highest BCUT2D eigenvalue weighted by Gasteiger charge is 2.08. The summed E-state index contributed by atoms with van der Waals surface area (Å²) in [6.45, 7) is 2.91. The number of hydrogen-bond donors (Lipinski definition) is 0. The molecule has 0 saturated heterocycles. The van der Waals surface area contributed by atoms with Gasteiger partial charge in [-0.2, -0.15) is 0 Å². The normalized spacial score (nSPS) is 10.7. The second-order valence-electron chi connectivity index (χ2n) is 4.37. The van der Waals surface area contributed by atoms with Gasteiger partial charge in [-0.25, -0.2) is 0 Å². The van der Waals surface area contributed by atoms with Crippen LogP contribution < -0.4 is 9.47 Å². The fraction of sp³-hybridized carbons (Fsp3) is 0.375. The number of rotatable bonds is 6. The molecule has 0 radical (unpaired) electrons. The molecule has 0 spiro atoms. The van der Waals surface area contributed by atoms with E-state index in [0.29, 0.717) is 0 Å². The van der Waals surface area contributed by atoms with Crippen LogP contribution in [-0.4, -0.2) is 19.0 Å². The first-order valence-electron chi connectivity index (χ1n) is 6.58. The van der Waals surface area contributed by atoms with E-state index >= 15 is 0 Å². The lowest BCUT2D eigenvalue weighted by Crippen LogP contribution is -2.01. The van der Waals surface area contributed by atoms with E-state index in [-0.39, 0.29) is 0 Å². The quantitative estimate of drug-likeness (QED) is 0.572. The smallest absolute Gasteiger partial charge is 0.123 e. The summed E-state index contributed by atoms with van der Waals surface area (Å²) in [5.74, 6) is 1.89. The minimum atomic E-state index is 0.750. The summed E-state index contributed by atoms with van der Waals surface area (Å²) in [7, 11) is 1.69. The largest absolute Gasteiger partial charge is 0.497 e. The first kappa shape index (κ1) is 14.2. The fourth-order valence-corrected chi connectivity index (χ4v) is 2.44. The highest BCUT2D eigenvalue weighted by atomic mass is 79.9. The molecule has 0 aromatic heterocycles. The van der Waals surface area contributed by atoms with Gasteiger partial charge in [0.05, 0.1) is 13.7 Å². The Labute approximate surface area is 122 Å². The van der Waals surface area contributed by atoms with Crippen molar-refractivity contribution in [2.75, 3.05) is 19.0 Å². The topological polar surface area (TPSA) is 18.5 Å². The lowest BCUT2D eigenvalue weighted by molar-refractivity contribution is 0.316. The summed E-state index contributed by atoms with van der Waals surface area (Å²) in [6, 6.07) is 10.3. The van der Waals surface area contributed by atoms with Crippen LogP contribution in [0.1, 0.15) is 18.9 Å². The van der Waals surface area contributed by atoms with E-state index in [4.69, 9.17) is 9.47 Å². The van der Waals surface area contributed by atoms with Crippen LogP contribution in [0.5, 0.6) is 11.5 Å². The molecule has 0 bridgehead atoms. The monoisotopic (exact) mass is 322 g/mol. The van der Waals surface area contributed by atoms with Crippen LogP contribution in [0.15, 0.2) is 30.3 Å². The van der Waals surface area contributed by atoms with Crippen molar-refractivity contribution in [1.82, 2.24) is 0 Å². The van der Waals surface area contributed by atoms with Crippen molar-refractivity contribution in [3.63, 3.8) is 0 Å². The number of ether oxygens (including phenoxy) is 2. The molecule has 0 fully saturated rings. The maximum atomic E-state index is 5.87. The molecule has 0 saturated carbocycles. The van der Waals surface area contributed by atoms with Gasteiger partial charge in [0.15, 0.2) is 0 Å². The Morgan fingerprint density at radius 3 is 2.68 bits per heavy atom. The summed E-state index contributed by atoms with van der Waals surface area (Å²) in [6.07, 6.45) is 1.98. The van der Waals surface area contributed by atoms with Gasteiger partial charge in [-0.3, -0.25) is 0 Å². The van der Waals surface area contributed by atoms with E-state index in [0.717, 1.165) is 36.3 Å². The first-order valence-corrected chi connectivity index (χ1v) is 7.70. The van der Waals surface area contributed by atoms with Crippen LogP contribution in [0.25, 0.3) is 10.8 Å². The molecular formula is C16H19BrO2. The molecule has 0 atom stereocenters. The standard InChI is InChI=1S/C16H19BrO2/c1-3-14-15-7-6-13(18-2)11-12(15)5-8-16(14)19-10-4-9-17/h5-8,11H,3-4,9-10H2,1-2H3. The number of halogens is 1. The van der Waals surface area contributed by atoms with E-state index < -0.39 is 0 Å². The fourth-order valence-electron chi connectivity index (χ4n) is 2.22. The number of hydrogen-bond acceptors (Lipinski definition) is 2. The van der Waals surface area contributed by atoms with Gasteiger partial charge >= 0.3 is 0 Å². The van der Waals surface area contributed by atoms with Gasteiger partial charge in [-0.05, 0) is 41.8 Å². The number of fused-ring (bicyclic) bond motifs is 1.